The minimum Gasteiger partial charge on any atom is -0.368 e. The number of imidazole rings is 2. The molecule has 0 radical (unpaired) electrons. The zero-order valence-corrected chi connectivity index (χ0v) is 35.8. The first-order chi connectivity index (χ1) is 29.7. The summed E-state index contributed by atoms with van der Waals surface area (Å²) in [6.45, 7) is 7.94. The molecule has 4 heterocycles. The lowest BCUT2D eigenvalue weighted by Gasteiger charge is -2.12. The molecule has 0 aliphatic carbocycles. The SMILES string of the molecule is CCCCc1nc2c(NCCCCCCCCCCNc3nc4ccccc4c4c3nc(CCCC)n4Cc3ccccc3)nc3ccccc3c2n1Cc1ccccc1. The van der Waals surface area contributed by atoms with Crippen LogP contribution >= 0.6 is 0 Å². The Bertz CT molecular complexity index is 2410. The van der Waals surface area contributed by atoms with Crippen LogP contribution in [0.2, 0.25) is 0 Å². The molecule has 0 bridgehead atoms. The Morgan fingerprint density at radius 3 is 1.22 bits per heavy atom. The van der Waals surface area contributed by atoms with Crippen LogP contribution in [0.5, 0.6) is 0 Å². The van der Waals surface area contributed by atoms with Crippen molar-refractivity contribution in [3.63, 3.8) is 0 Å². The molecule has 0 saturated heterocycles. The maximum atomic E-state index is 5.26. The number of pyridine rings is 2. The monoisotopic (exact) mass is 799 g/mol. The van der Waals surface area contributed by atoms with Crippen LogP contribution in [0.25, 0.3) is 43.9 Å². The Labute approximate surface area is 355 Å². The van der Waals surface area contributed by atoms with E-state index in [2.05, 4.69) is 143 Å². The van der Waals surface area contributed by atoms with Gasteiger partial charge in [0, 0.05) is 49.8 Å². The molecule has 2 N–H and O–H groups in total. The van der Waals surface area contributed by atoms with Gasteiger partial charge >= 0.3 is 0 Å². The van der Waals surface area contributed by atoms with Crippen molar-refractivity contribution in [1.29, 1.82) is 0 Å². The molecule has 8 heteroatoms. The van der Waals surface area contributed by atoms with E-state index in [1.165, 1.54) is 71.5 Å². The van der Waals surface area contributed by atoms with Gasteiger partial charge in [-0.05, 0) is 48.9 Å². The minimum atomic E-state index is 0.813. The summed E-state index contributed by atoms with van der Waals surface area (Å²) in [5, 5.41) is 9.78. The normalized spacial score (nSPS) is 11.7. The second kappa shape index (κ2) is 20.5. The Hall–Kier alpha value is -5.76. The number of hydrogen-bond acceptors (Lipinski definition) is 6. The van der Waals surface area contributed by atoms with E-state index in [1.54, 1.807) is 0 Å². The number of hydrogen-bond donors (Lipinski definition) is 2. The second-order valence-corrected chi connectivity index (χ2v) is 16.4. The first-order valence-corrected chi connectivity index (χ1v) is 22.8. The largest absolute Gasteiger partial charge is 0.368 e. The Morgan fingerprint density at radius 2 is 0.800 bits per heavy atom. The van der Waals surface area contributed by atoms with Gasteiger partial charge < -0.3 is 19.8 Å². The number of para-hydroxylation sites is 2. The second-order valence-electron chi connectivity index (χ2n) is 16.4. The Kier molecular flexibility index (Phi) is 14.0. The molecule has 0 fully saturated rings. The number of nitrogens with one attached hydrogen (secondary N) is 2. The third-order valence-electron chi connectivity index (χ3n) is 11.9. The quantitative estimate of drug-likeness (QED) is 0.0627. The summed E-state index contributed by atoms with van der Waals surface area (Å²) in [4.78, 5) is 20.7. The lowest BCUT2D eigenvalue weighted by Crippen LogP contribution is -2.06. The van der Waals surface area contributed by atoms with Gasteiger partial charge in [0.2, 0.25) is 0 Å². The molecule has 0 saturated carbocycles. The van der Waals surface area contributed by atoms with Crippen molar-refractivity contribution in [3.8, 4) is 0 Å². The van der Waals surface area contributed by atoms with E-state index in [0.29, 0.717) is 0 Å². The van der Waals surface area contributed by atoms with Crippen LogP contribution in [0.15, 0.2) is 109 Å². The van der Waals surface area contributed by atoms with Gasteiger partial charge in [0.15, 0.2) is 11.6 Å². The van der Waals surface area contributed by atoms with Gasteiger partial charge in [0.1, 0.15) is 22.7 Å². The number of rotatable bonds is 23. The number of benzene rings is 4. The predicted molar refractivity (Wildman–Crippen MR) is 252 cm³/mol. The molecule has 8 nitrogen and oxygen atoms in total. The maximum Gasteiger partial charge on any atom is 0.154 e. The highest BCUT2D eigenvalue weighted by atomic mass is 15.1. The van der Waals surface area contributed by atoms with E-state index < -0.39 is 0 Å². The van der Waals surface area contributed by atoms with E-state index in [0.717, 1.165) is 123 Å². The molecule has 0 aliphatic rings. The summed E-state index contributed by atoms with van der Waals surface area (Å²) in [6, 6.07) is 38.6. The average molecular weight is 799 g/mol. The van der Waals surface area contributed by atoms with Crippen molar-refractivity contribution in [3.05, 3.63) is 132 Å². The third kappa shape index (κ3) is 9.65. The molecule has 0 spiro atoms. The Morgan fingerprint density at radius 1 is 0.417 bits per heavy atom. The van der Waals surface area contributed by atoms with Gasteiger partial charge in [0.05, 0.1) is 22.1 Å². The number of fused-ring (bicyclic) bond motifs is 6. The molecular weight excluding hydrogens is 737 g/mol. The zero-order valence-electron chi connectivity index (χ0n) is 35.8. The minimum absolute atomic E-state index is 0.813. The highest BCUT2D eigenvalue weighted by Gasteiger charge is 2.20. The van der Waals surface area contributed by atoms with Crippen LogP contribution in [0, 0.1) is 0 Å². The van der Waals surface area contributed by atoms with Gasteiger partial charge in [-0.15, -0.1) is 0 Å². The third-order valence-corrected chi connectivity index (χ3v) is 11.9. The lowest BCUT2D eigenvalue weighted by molar-refractivity contribution is 0.577. The number of aryl methyl sites for hydroxylation is 2. The lowest BCUT2D eigenvalue weighted by atomic mass is 10.1. The molecule has 0 unspecified atom stereocenters. The Balaban J connectivity index is 0.822. The summed E-state index contributed by atoms with van der Waals surface area (Å²) >= 11 is 0. The molecule has 60 heavy (non-hydrogen) atoms. The first-order valence-electron chi connectivity index (χ1n) is 22.8. The summed E-state index contributed by atoms with van der Waals surface area (Å²) in [5.41, 5.74) is 9.02. The van der Waals surface area contributed by atoms with Gasteiger partial charge in [-0.25, -0.2) is 19.9 Å². The van der Waals surface area contributed by atoms with Gasteiger partial charge in [-0.2, -0.15) is 0 Å². The van der Waals surface area contributed by atoms with Crippen molar-refractivity contribution in [2.24, 2.45) is 0 Å². The number of aromatic nitrogens is 6. The summed E-state index contributed by atoms with van der Waals surface area (Å²) in [6.07, 6.45) is 16.2. The van der Waals surface area contributed by atoms with Crippen LogP contribution in [0.4, 0.5) is 11.6 Å². The van der Waals surface area contributed by atoms with E-state index >= 15 is 0 Å². The van der Waals surface area contributed by atoms with Crippen molar-refractivity contribution in [2.75, 3.05) is 23.7 Å². The van der Waals surface area contributed by atoms with Crippen molar-refractivity contribution >= 4 is 55.5 Å². The van der Waals surface area contributed by atoms with Crippen molar-refractivity contribution in [1.82, 2.24) is 29.1 Å². The zero-order chi connectivity index (χ0) is 40.9. The highest BCUT2D eigenvalue weighted by molar-refractivity contribution is 6.08. The van der Waals surface area contributed by atoms with Crippen LogP contribution < -0.4 is 10.6 Å². The molecule has 310 valence electrons. The molecule has 8 aromatic rings. The van der Waals surface area contributed by atoms with E-state index in [-0.39, 0.29) is 0 Å². The number of unbranched alkanes of at least 4 members (excludes halogenated alkanes) is 9. The first kappa shape index (κ1) is 41.0. The number of nitrogens with zero attached hydrogens (tertiary/aromatic N) is 6. The maximum absolute atomic E-state index is 5.26. The topological polar surface area (TPSA) is 85.5 Å². The molecule has 0 atom stereocenters. The molecular formula is C52H62N8. The standard InChI is InChI=1S/C52H62N8/c1-3-5-33-45-57-47-49(59(45)37-39-25-15-13-16-26-39)41-29-19-21-31-43(41)55-51(47)53-35-23-11-9-7-8-10-12-24-36-54-52-48-50(42-30-20-22-32-44(42)56-52)60(46(58-48)34-6-4-2)38-40-27-17-14-18-28-40/h13-22,25-32H,3-12,23-24,33-38H2,1-2H3,(H,53,55)(H,54,56). The van der Waals surface area contributed by atoms with Crippen LogP contribution in [-0.4, -0.2) is 42.2 Å². The van der Waals surface area contributed by atoms with Gasteiger partial charge in [0.25, 0.3) is 0 Å². The van der Waals surface area contributed by atoms with E-state index in [1.807, 2.05) is 0 Å². The van der Waals surface area contributed by atoms with E-state index in [9.17, 15) is 0 Å². The van der Waals surface area contributed by atoms with Crippen molar-refractivity contribution < 1.29 is 0 Å². The molecule has 4 aromatic carbocycles. The molecule has 4 aromatic heterocycles. The fourth-order valence-electron chi connectivity index (χ4n) is 8.66. The predicted octanol–water partition coefficient (Wildman–Crippen LogP) is 12.9. The molecule has 0 amide bonds. The highest BCUT2D eigenvalue weighted by Crippen LogP contribution is 2.33. The van der Waals surface area contributed by atoms with Gasteiger partial charge in [-0.1, -0.05) is 162 Å². The number of anilines is 2. The summed E-state index contributed by atoms with van der Waals surface area (Å²) < 4.78 is 4.88. The summed E-state index contributed by atoms with van der Waals surface area (Å²) in [5.74, 6) is 4.13. The van der Waals surface area contributed by atoms with Crippen LogP contribution in [-0.2, 0) is 25.9 Å². The van der Waals surface area contributed by atoms with Crippen LogP contribution in [0.3, 0.4) is 0 Å². The van der Waals surface area contributed by atoms with Gasteiger partial charge in [-0.3, -0.25) is 0 Å². The summed E-state index contributed by atoms with van der Waals surface area (Å²) in [7, 11) is 0. The van der Waals surface area contributed by atoms with E-state index in [4.69, 9.17) is 19.9 Å². The molecule has 0 aliphatic heterocycles. The molecule has 8 rings (SSSR count). The smallest absolute Gasteiger partial charge is 0.154 e. The van der Waals surface area contributed by atoms with Crippen molar-refractivity contribution in [2.45, 2.75) is 117 Å². The van der Waals surface area contributed by atoms with Crippen LogP contribution in [0.1, 0.15) is 114 Å². The average Bonchev–Trinajstić information content (AvgIpc) is 3.84. The fraction of sp³-hybridized carbons (Fsp3) is 0.385. The fourth-order valence-corrected chi connectivity index (χ4v) is 8.66.